The second-order valence-electron chi connectivity index (χ2n) is 4.10. The van der Waals surface area contributed by atoms with Crippen LogP contribution in [0.15, 0.2) is 41.3 Å². The number of rotatable bonds is 4. The van der Waals surface area contributed by atoms with Crippen molar-refractivity contribution in [2.45, 2.75) is 20.0 Å². The largest absolute Gasteiger partial charge is 0.380 e. The summed E-state index contributed by atoms with van der Waals surface area (Å²) in [5.74, 6) is 0. The maximum absolute atomic E-state index is 11.5. The number of aromatic nitrogens is 1. The Morgan fingerprint density at radius 2 is 1.84 bits per heavy atom. The third kappa shape index (κ3) is 3.31. The van der Waals surface area contributed by atoms with Gasteiger partial charge in [-0.2, -0.15) is 0 Å². The lowest BCUT2D eigenvalue weighted by Gasteiger charge is -2.11. The lowest BCUT2D eigenvalue weighted by atomic mass is 10.2. The molecule has 0 aliphatic carbocycles. The standard InChI is InChI=1S/C14H14Cl2N2O/c1-2-18-9-10(6-7-14(18)19)17-8-11-12(15)4-3-5-13(11)16/h3-7,9,17H,2,8H2,1H3. The molecule has 0 aliphatic heterocycles. The van der Waals surface area contributed by atoms with Crippen molar-refractivity contribution in [1.82, 2.24) is 4.57 Å². The van der Waals surface area contributed by atoms with Gasteiger partial charge in [-0.25, -0.2) is 0 Å². The van der Waals surface area contributed by atoms with Crippen LogP contribution >= 0.6 is 23.2 Å². The van der Waals surface area contributed by atoms with Crippen molar-refractivity contribution >= 4 is 28.9 Å². The van der Waals surface area contributed by atoms with Crippen LogP contribution in [0.4, 0.5) is 5.69 Å². The Labute approximate surface area is 121 Å². The summed E-state index contributed by atoms with van der Waals surface area (Å²) < 4.78 is 1.64. The molecule has 19 heavy (non-hydrogen) atoms. The molecule has 0 amide bonds. The number of halogens is 2. The van der Waals surface area contributed by atoms with Gasteiger partial charge in [-0.05, 0) is 25.1 Å². The van der Waals surface area contributed by atoms with Gasteiger partial charge in [0.1, 0.15) is 0 Å². The highest BCUT2D eigenvalue weighted by Gasteiger charge is 2.05. The first kappa shape index (κ1) is 14.0. The van der Waals surface area contributed by atoms with E-state index in [0.29, 0.717) is 23.1 Å². The summed E-state index contributed by atoms with van der Waals surface area (Å²) in [6, 6.07) is 8.71. The first-order valence-corrected chi connectivity index (χ1v) is 6.74. The van der Waals surface area contributed by atoms with E-state index in [-0.39, 0.29) is 5.56 Å². The van der Waals surface area contributed by atoms with Crippen LogP contribution < -0.4 is 10.9 Å². The molecule has 5 heteroatoms. The van der Waals surface area contributed by atoms with Crippen molar-refractivity contribution in [3.05, 3.63) is 62.5 Å². The van der Waals surface area contributed by atoms with E-state index in [1.165, 1.54) is 0 Å². The van der Waals surface area contributed by atoms with Crippen LogP contribution in [-0.2, 0) is 13.1 Å². The van der Waals surface area contributed by atoms with Crippen molar-refractivity contribution < 1.29 is 0 Å². The Bertz CT molecular complexity index is 617. The first-order chi connectivity index (χ1) is 9.11. The molecule has 2 aromatic rings. The van der Waals surface area contributed by atoms with Crippen molar-refractivity contribution in [3.8, 4) is 0 Å². The second-order valence-corrected chi connectivity index (χ2v) is 4.91. The molecule has 0 aliphatic rings. The number of hydrogen-bond donors (Lipinski definition) is 1. The van der Waals surface area contributed by atoms with Gasteiger partial charge in [0.25, 0.3) is 5.56 Å². The van der Waals surface area contributed by atoms with Crippen LogP contribution in [0.2, 0.25) is 10.0 Å². The van der Waals surface area contributed by atoms with Crippen LogP contribution in [0.25, 0.3) is 0 Å². The highest BCUT2D eigenvalue weighted by molar-refractivity contribution is 6.36. The molecule has 0 radical (unpaired) electrons. The van der Waals surface area contributed by atoms with E-state index in [0.717, 1.165) is 11.3 Å². The molecule has 0 fully saturated rings. The molecule has 0 saturated heterocycles. The summed E-state index contributed by atoms with van der Waals surface area (Å²) >= 11 is 12.2. The van der Waals surface area contributed by atoms with Crippen LogP contribution in [0.3, 0.4) is 0 Å². The predicted octanol–water partition coefficient (Wildman–Crippen LogP) is 3.79. The van der Waals surface area contributed by atoms with Crippen molar-refractivity contribution in [3.63, 3.8) is 0 Å². The van der Waals surface area contributed by atoms with Crippen LogP contribution in [0, 0.1) is 0 Å². The normalized spacial score (nSPS) is 10.5. The highest BCUT2D eigenvalue weighted by Crippen LogP contribution is 2.24. The number of aryl methyl sites for hydroxylation is 1. The zero-order valence-electron chi connectivity index (χ0n) is 10.5. The Kier molecular flexibility index (Phi) is 4.51. The summed E-state index contributed by atoms with van der Waals surface area (Å²) in [6.45, 7) is 3.08. The van der Waals surface area contributed by atoms with Gasteiger partial charge in [0.05, 0.1) is 5.69 Å². The quantitative estimate of drug-likeness (QED) is 0.931. The average Bonchev–Trinajstić information content (AvgIpc) is 2.40. The summed E-state index contributed by atoms with van der Waals surface area (Å²) in [5.41, 5.74) is 1.70. The predicted molar refractivity (Wildman–Crippen MR) is 80.2 cm³/mol. The zero-order chi connectivity index (χ0) is 13.8. The lowest BCUT2D eigenvalue weighted by molar-refractivity contribution is 0.727. The van der Waals surface area contributed by atoms with E-state index in [1.807, 2.05) is 13.0 Å². The van der Waals surface area contributed by atoms with Crippen molar-refractivity contribution in [2.75, 3.05) is 5.32 Å². The molecule has 1 N–H and O–H groups in total. The zero-order valence-corrected chi connectivity index (χ0v) is 12.0. The minimum Gasteiger partial charge on any atom is -0.380 e. The number of pyridine rings is 1. The monoisotopic (exact) mass is 296 g/mol. The Morgan fingerprint density at radius 3 is 2.47 bits per heavy atom. The van der Waals surface area contributed by atoms with Crippen LogP contribution in [0.5, 0.6) is 0 Å². The van der Waals surface area contributed by atoms with Gasteiger partial charge in [-0.3, -0.25) is 4.79 Å². The molecule has 0 unspecified atom stereocenters. The Hall–Kier alpha value is -1.45. The molecule has 3 nitrogen and oxygen atoms in total. The molecule has 0 saturated carbocycles. The van der Waals surface area contributed by atoms with Gasteiger partial charge in [-0.15, -0.1) is 0 Å². The number of nitrogens with one attached hydrogen (secondary N) is 1. The minimum absolute atomic E-state index is 0.0103. The molecule has 0 spiro atoms. The van der Waals surface area contributed by atoms with E-state index in [2.05, 4.69) is 5.32 Å². The summed E-state index contributed by atoms with van der Waals surface area (Å²) in [6.07, 6.45) is 1.78. The van der Waals surface area contributed by atoms with Gasteiger partial charge in [-0.1, -0.05) is 29.3 Å². The molecule has 0 bridgehead atoms. The third-order valence-electron chi connectivity index (χ3n) is 2.86. The fourth-order valence-electron chi connectivity index (χ4n) is 1.77. The van der Waals surface area contributed by atoms with E-state index in [9.17, 15) is 4.79 Å². The van der Waals surface area contributed by atoms with Gasteiger partial charge in [0, 0.05) is 41.0 Å². The SMILES string of the molecule is CCn1cc(NCc2c(Cl)cccc2Cl)ccc1=O. The van der Waals surface area contributed by atoms with Crippen LogP contribution in [-0.4, -0.2) is 4.57 Å². The van der Waals surface area contributed by atoms with Crippen molar-refractivity contribution in [2.24, 2.45) is 0 Å². The van der Waals surface area contributed by atoms with E-state index < -0.39 is 0 Å². The average molecular weight is 297 g/mol. The molecule has 100 valence electrons. The fraction of sp³-hybridized carbons (Fsp3) is 0.214. The first-order valence-electron chi connectivity index (χ1n) is 5.99. The van der Waals surface area contributed by atoms with Crippen molar-refractivity contribution in [1.29, 1.82) is 0 Å². The maximum atomic E-state index is 11.5. The topological polar surface area (TPSA) is 34.0 Å². The molecular weight excluding hydrogens is 283 g/mol. The fourth-order valence-corrected chi connectivity index (χ4v) is 2.31. The summed E-state index contributed by atoms with van der Waals surface area (Å²) in [4.78, 5) is 11.5. The van der Waals surface area contributed by atoms with Crippen LogP contribution in [0.1, 0.15) is 12.5 Å². The Balaban J connectivity index is 2.17. The second kappa shape index (κ2) is 6.13. The van der Waals surface area contributed by atoms with E-state index in [4.69, 9.17) is 23.2 Å². The number of nitrogens with zero attached hydrogens (tertiary/aromatic N) is 1. The number of benzene rings is 1. The van der Waals surface area contributed by atoms with E-state index in [1.54, 1.807) is 35.0 Å². The molecular formula is C14H14Cl2N2O. The summed E-state index contributed by atoms with van der Waals surface area (Å²) in [5, 5.41) is 4.47. The summed E-state index contributed by atoms with van der Waals surface area (Å²) in [7, 11) is 0. The molecule has 1 aromatic carbocycles. The molecule has 0 atom stereocenters. The highest BCUT2D eigenvalue weighted by atomic mass is 35.5. The number of hydrogen-bond acceptors (Lipinski definition) is 2. The maximum Gasteiger partial charge on any atom is 0.250 e. The van der Waals surface area contributed by atoms with Gasteiger partial charge in [0.2, 0.25) is 0 Å². The number of anilines is 1. The molecule has 2 rings (SSSR count). The molecule has 1 aromatic heterocycles. The van der Waals surface area contributed by atoms with Gasteiger partial charge < -0.3 is 9.88 Å². The Morgan fingerprint density at radius 1 is 1.16 bits per heavy atom. The third-order valence-corrected chi connectivity index (χ3v) is 3.56. The lowest BCUT2D eigenvalue weighted by Crippen LogP contribution is -2.17. The van der Waals surface area contributed by atoms with E-state index >= 15 is 0 Å². The molecule has 1 heterocycles. The smallest absolute Gasteiger partial charge is 0.250 e. The van der Waals surface area contributed by atoms with Gasteiger partial charge >= 0.3 is 0 Å². The van der Waals surface area contributed by atoms with Gasteiger partial charge in [0.15, 0.2) is 0 Å². The minimum atomic E-state index is -0.0103.